The van der Waals surface area contributed by atoms with Crippen molar-refractivity contribution in [2.24, 2.45) is 17.3 Å². The van der Waals surface area contributed by atoms with Crippen molar-refractivity contribution in [2.45, 2.75) is 53.8 Å². The molecule has 0 spiro atoms. The maximum absolute atomic E-state index is 14.8. The number of methoxy groups -OCH3 is 1. The summed E-state index contributed by atoms with van der Waals surface area (Å²) in [6.45, 7) is 6.37. The quantitative estimate of drug-likeness (QED) is 0.435. The van der Waals surface area contributed by atoms with Crippen LogP contribution < -0.4 is 0 Å². The molecule has 0 radical (unpaired) electrons. The predicted octanol–water partition coefficient (Wildman–Crippen LogP) is 5.33. The lowest BCUT2D eigenvalue weighted by Gasteiger charge is -2.19. The fourth-order valence-electron chi connectivity index (χ4n) is 3.90. The van der Waals surface area contributed by atoms with Gasteiger partial charge in [0.1, 0.15) is 18.2 Å². The summed E-state index contributed by atoms with van der Waals surface area (Å²) in [4.78, 5) is 12.4. The van der Waals surface area contributed by atoms with Crippen molar-refractivity contribution in [3.63, 3.8) is 0 Å². The molecule has 1 aliphatic carbocycles. The van der Waals surface area contributed by atoms with Crippen molar-refractivity contribution in [1.29, 1.82) is 0 Å². The number of benzene rings is 1. The van der Waals surface area contributed by atoms with Gasteiger partial charge in [0.25, 0.3) is 6.08 Å². The predicted molar refractivity (Wildman–Crippen MR) is 96.7 cm³/mol. The largest absolute Gasteiger partial charge is 0.461 e. The van der Waals surface area contributed by atoms with E-state index in [4.69, 9.17) is 9.47 Å². The first kappa shape index (κ1) is 22.4. The molecule has 3 nitrogen and oxygen atoms in total. The minimum absolute atomic E-state index is 0.141. The summed E-state index contributed by atoms with van der Waals surface area (Å²) in [6.07, 6.45) is -0.501. The first-order valence-corrected chi connectivity index (χ1v) is 9.30. The SMILES string of the molecule is CCc1c(F)c(COC)c(F)c(CC)c1COC(=O)[C@@H]1[C@@H](C=C(F)F)C1(C)C. The van der Waals surface area contributed by atoms with Gasteiger partial charge in [0.05, 0.1) is 12.5 Å². The second-order valence-electron chi connectivity index (χ2n) is 7.57. The molecule has 0 aromatic heterocycles. The maximum Gasteiger partial charge on any atom is 0.310 e. The van der Waals surface area contributed by atoms with E-state index < -0.39 is 40.9 Å². The van der Waals surface area contributed by atoms with Gasteiger partial charge >= 0.3 is 5.97 Å². The average Bonchev–Trinajstić information content (AvgIpc) is 3.15. The monoisotopic (exact) mass is 402 g/mol. The number of hydrogen-bond acceptors (Lipinski definition) is 3. The van der Waals surface area contributed by atoms with E-state index in [9.17, 15) is 22.4 Å². The van der Waals surface area contributed by atoms with Crippen LogP contribution in [0.5, 0.6) is 0 Å². The highest BCUT2D eigenvalue weighted by Gasteiger charge is 2.62. The molecule has 1 aromatic carbocycles. The zero-order chi connectivity index (χ0) is 21.2. The van der Waals surface area contributed by atoms with Gasteiger partial charge in [0.15, 0.2) is 0 Å². The number of halogens is 4. The molecule has 156 valence electrons. The number of allylic oxidation sites excluding steroid dienone is 1. The van der Waals surface area contributed by atoms with Crippen LogP contribution >= 0.6 is 0 Å². The highest BCUT2D eigenvalue weighted by atomic mass is 19.3. The minimum Gasteiger partial charge on any atom is -0.461 e. The van der Waals surface area contributed by atoms with Crippen LogP contribution in [-0.2, 0) is 40.3 Å². The molecular weight excluding hydrogens is 376 g/mol. The van der Waals surface area contributed by atoms with E-state index in [1.807, 2.05) is 0 Å². The first-order valence-electron chi connectivity index (χ1n) is 9.30. The van der Waals surface area contributed by atoms with Crippen LogP contribution in [0, 0.1) is 28.9 Å². The zero-order valence-corrected chi connectivity index (χ0v) is 16.8. The molecule has 1 aromatic rings. The third-order valence-corrected chi connectivity index (χ3v) is 5.61. The standard InChI is InChI=1S/C21H26F4O3/c1-6-11-13(12(7-2)19(25)14(9-27-5)18(11)24)10-28-20(26)17-15(8-16(22)23)21(17,3)4/h8,15,17H,6-7,9-10H2,1-5H3/t15-,17+/m1/s1. The normalized spacial score (nSPS) is 20.0. The fourth-order valence-corrected chi connectivity index (χ4v) is 3.90. The van der Waals surface area contributed by atoms with Crippen molar-refractivity contribution in [3.05, 3.63) is 46.0 Å². The number of carbonyl (C=O) groups is 1. The smallest absolute Gasteiger partial charge is 0.310 e. The van der Waals surface area contributed by atoms with Gasteiger partial charge in [-0.3, -0.25) is 4.79 Å². The van der Waals surface area contributed by atoms with Gasteiger partial charge in [-0.1, -0.05) is 27.7 Å². The summed E-state index contributed by atoms with van der Waals surface area (Å²) in [6, 6.07) is 0. The van der Waals surface area contributed by atoms with Crippen LogP contribution in [0.25, 0.3) is 0 Å². The van der Waals surface area contributed by atoms with Gasteiger partial charge in [-0.25, -0.2) is 8.78 Å². The van der Waals surface area contributed by atoms with Crippen LogP contribution in [0.3, 0.4) is 0 Å². The summed E-state index contributed by atoms with van der Waals surface area (Å²) in [5.74, 6) is -3.35. The molecule has 1 saturated carbocycles. The molecule has 7 heteroatoms. The van der Waals surface area contributed by atoms with E-state index >= 15 is 0 Å². The molecule has 2 atom stereocenters. The Morgan fingerprint density at radius 2 is 1.54 bits per heavy atom. The minimum atomic E-state index is -1.84. The Bertz CT molecular complexity index is 751. The van der Waals surface area contributed by atoms with Crippen LogP contribution in [0.2, 0.25) is 0 Å². The lowest BCUT2D eigenvalue weighted by Crippen LogP contribution is -2.16. The van der Waals surface area contributed by atoms with Gasteiger partial charge in [0.2, 0.25) is 0 Å². The van der Waals surface area contributed by atoms with Crippen molar-refractivity contribution in [1.82, 2.24) is 0 Å². The Hall–Kier alpha value is -1.89. The number of rotatable bonds is 8. The molecule has 0 heterocycles. The lowest BCUT2D eigenvalue weighted by molar-refractivity contribution is -0.147. The third-order valence-electron chi connectivity index (χ3n) is 5.61. The van der Waals surface area contributed by atoms with E-state index in [0.29, 0.717) is 5.56 Å². The molecule has 0 saturated heterocycles. The Balaban J connectivity index is 2.29. The lowest BCUT2D eigenvalue weighted by atomic mass is 9.93. The Morgan fingerprint density at radius 3 is 1.96 bits per heavy atom. The van der Waals surface area contributed by atoms with E-state index in [1.54, 1.807) is 27.7 Å². The number of ether oxygens (including phenoxy) is 2. The van der Waals surface area contributed by atoms with Crippen LogP contribution in [0.1, 0.15) is 49.9 Å². The van der Waals surface area contributed by atoms with Gasteiger partial charge in [-0.15, -0.1) is 0 Å². The number of hydrogen-bond donors (Lipinski definition) is 0. The number of esters is 1. The van der Waals surface area contributed by atoms with Gasteiger partial charge in [-0.2, -0.15) is 8.78 Å². The summed E-state index contributed by atoms with van der Waals surface area (Å²) in [7, 11) is 1.36. The van der Waals surface area contributed by atoms with E-state index in [1.165, 1.54) is 7.11 Å². The molecule has 0 N–H and O–H groups in total. The topological polar surface area (TPSA) is 35.5 Å². The van der Waals surface area contributed by atoms with Crippen molar-refractivity contribution in [3.8, 4) is 0 Å². The van der Waals surface area contributed by atoms with E-state index in [-0.39, 0.29) is 42.7 Å². The van der Waals surface area contributed by atoms with Gasteiger partial charge < -0.3 is 9.47 Å². The second kappa shape index (κ2) is 8.64. The van der Waals surface area contributed by atoms with Crippen molar-refractivity contribution in [2.75, 3.05) is 7.11 Å². The molecule has 1 fully saturated rings. The average molecular weight is 402 g/mol. The molecule has 2 rings (SSSR count). The zero-order valence-electron chi connectivity index (χ0n) is 16.8. The molecular formula is C21H26F4O3. The fraction of sp³-hybridized carbons (Fsp3) is 0.571. The van der Waals surface area contributed by atoms with Crippen LogP contribution in [0.15, 0.2) is 12.2 Å². The van der Waals surface area contributed by atoms with Gasteiger partial charge in [0, 0.05) is 24.2 Å². The number of carbonyl (C=O) groups excluding carboxylic acids is 1. The van der Waals surface area contributed by atoms with Gasteiger partial charge in [-0.05, 0) is 35.5 Å². The summed E-state index contributed by atoms with van der Waals surface area (Å²) in [5, 5.41) is 0. The third kappa shape index (κ3) is 4.09. The molecule has 0 bridgehead atoms. The maximum atomic E-state index is 14.8. The Morgan fingerprint density at radius 1 is 1.00 bits per heavy atom. The molecule has 28 heavy (non-hydrogen) atoms. The Labute approximate surface area is 162 Å². The Kier molecular flexibility index (Phi) is 6.91. The first-order chi connectivity index (χ1) is 13.1. The van der Waals surface area contributed by atoms with Crippen molar-refractivity contribution >= 4 is 5.97 Å². The summed E-state index contributed by atoms with van der Waals surface area (Å²) >= 11 is 0. The highest BCUT2D eigenvalue weighted by Crippen LogP contribution is 2.60. The van der Waals surface area contributed by atoms with Crippen LogP contribution in [0.4, 0.5) is 17.6 Å². The molecule has 0 aliphatic heterocycles. The van der Waals surface area contributed by atoms with E-state index in [0.717, 1.165) is 6.08 Å². The van der Waals surface area contributed by atoms with E-state index in [2.05, 4.69) is 0 Å². The second-order valence-corrected chi connectivity index (χ2v) is 7.57. The summed E-state index contributed by atoms with van der Waals surface area (Å²) < 4.78 is 64.9. The van der Waals surface area contributed by atoms with Crippen LogP contribution in [-0.4, -0.2) is 13.1 Å². The van der Waals surface area contributed by atoms with Crippen molar-refractivity contribution < 1.29 is 31.8 Å². The highest BCUT2D eigenvalue weighted by molar-refractivity contribution is 5.78. The molecule has 1 aliphatic rings. The molecule has 0 amide bonds. The summed E-state index contributed by atoms with van der Waals surface area (Å²) in [5.41, 5.74) is 0.0769. The molecule has 0 unspecified atom stereocenters.